The molecule has 116 valence electrons. The lowest BCUT2D eigenvalue weighted by Gasteiger charge is -2.37. The Labute approximate surface area is 121 Å². The van der Waals surface area contributed by atoms with Gasteiger partial charge in [-0.3, -0.25) is 4.79 Å². The van der Waals surface area contributed by atoms with Gasteiger partial charge in [-0.15, -0.1) is 0 Å². The predicted octanol–water partition coefficient (Wildman–Crippen LogP) is 0.609. The Morgan fingerprint density at radius 2 is 2.00 bits per heavy atom. The van der Waals surface area contributed by atoms with Gasteiger partial charge in [0, 0.05) is 39.8 Å². The Morgan fingerprint density at radius 3 is 2.50 bits per heavy atom. The Hall–Kier alpha value is -1.30. The fourth-order valence-electron chi connectivity index (χ4n) is 2.60. The van der Waals surface area contributed by atoms with Crippen molar-refractivity contribution in [1.82, 2.24) is 14.7 Å². The third-order valence-corrected chi connectivity index (χ3v) is 3.67. The Morgan fingerprint density at radius 1 is 1.35 bits per heavy atom. The quantitative estimate of drug-likeness (QED) is 0.823. The number of hydrogen-bond acceptors (Lipinski definition) is 3. The van der Waals surface area contributed by atoms with Gasteiger partial charge in [0.2, 0.25) is 5.91 Å². The van der Waals surface area contributed by atoms with Crippen molar-refractivity contribution < 1.29 is 14.7 Å². The molecule has 0 saturated carbocycles. The highest BCUT2D eigenvalue weighted by atomic mass is 16.3. The molecule has 1 heterocycles. The van der Waals surface area contributed by atoms with E-state index in [0.717, 1.165) is 12.8 Å². The normalized spacial score (nSPS) is 19.1. The fraction of sp³-hybridized carbons (Fsp3) is 0.857. The van der Waals surface area contributed by atoms with E-state index in [1.54, 1.807) is 28.8 Å². The van der Waals surface area contributed by atoms with Gasteiger partial charge in [-0.05, 0) is 26.7 Å². The molecule has 0 spiro atoms. The minimum absolute atomic E-state index is 0.0308. The van der Waals surface area contributed by atoms with E-state index in [4.69, 9.17) is 5.11 Å². The summed E-state index contributed by atoms with van der Waals surface area (Å²) in [6.45, 7) is 5.40. The zero-order chi connectivity index (χ0) is 15.3. The third kappa shape index (κ3) is 4.10. The van der Waals surface area contributed by atoms with E-state index >= 15 is 0 Å². The zero-order valence-electron chi connectivity index (χ0n) is 13.0. The molecule has 1 aliphatic heterocycles. The lowest BCUT2D eigenvalue weighted by Crippen LogP contribution is -2.51. The first-order valence-corrected chi connectivity index (χ1v) is 7.26. The van der Waals surface area contributed by atoms with Gasteiger partial charge in [0.25, 0.3) is 0 Å². The van der Waals surface area contributed by atoms with E-state index in [0.29, 0.717) is 19.6 Å². The minimum atomic E-state index is -0.151. The average molecular weight is 285 g/mol. The molecule has 1 unspecified atom stereocenters. The molecule has 6 nitrogen and oxygen atoms in total. The van der Waals surface area contributed by atoms with Crippen LogP contribution in [0.4, 0.5) is 4.79 Å². The number of carbonyl (C=O) groups excluding carboxylic acids is 2. The van der Waals surface area contributed by atoms with Gasteiger partial charge < -0.3 is 19.8 Å². The van der Waals surface area contributed by atoms with Crippen LogP contribution in [0.5, 0.6) is 0 Å². The second-order valence-corrected chi connectivity index (χ2v) is 5.81. The molecule has 20 heavy (non-hydrogen) atoms. The highest BCUT2D eigenvalue weighted by Gasteiger charge is 2.32. The average Bonchev–Trinajstić information content (AvgIpc) is 2.42. The summed E-state index contributed by atoms with van der Waals surface area (Å²) in [4.78, 5) is 29.5. The number of rotatable bonds is 4. The SMILES string of the molecule is CC(C)N(CCO)C(=O)C1CCCN(C(=O)N(C)C)C1. The molecule has 0 aromatic heterocycles. The summed E-state index contributed by atoms with van der Waals surface area (Å²) >= 11 is 0. The smallest absolute Gasteiger partial charge is 0.319 e. The van der Waals surface area contributed by atoms with Crippen LogP contribution in [-0.2, 0) is 4.79 Å². The summed E-state index contributed by atoms with van der Waals surface area (Å²) in [6.07, 6.45) is 1.66. The van der Waals surface area contributed by atoms with Crippen molar-refractivity contribution in [3.63, 3.8) is 0 Å². The largest absolute Gasteiger partial charge is 0.395 e. The van der Waals surface area contributed by atoms with Crippen LogP contribution < -0.4 is 0 Å². The standard InChI is InChI=1S/C14H27N3O3/c1-11(2)17(8-9-18)13(19)12-6-5-7-16(10-12)14(20)15(3)4/h11-12,18H,5-10H2,1-4H3. The second-order valence-electron chi connectivity index (χ2n) is 5.81. The Kier molecular flexibility index (Phi) is 6.26. The molecular weight excluding hydrogens is 258 g/mol. The van der Waals surface area contributed by atoms with Crippen molar-refractivity contribution in [1.29, 1.82) is 0 Å². The van der Waals surface area contributed by atoms with Gasteiger partial charge in [0.15, 0.2) is 0 Å². The number of aliphatic hydroxyl groups excluding tert-OH is 1. The first-order valence-electron chi connectivity index (χ1n) is 7.26. The van der Waals surface area contributed by atoms with Crippen LogP contribution in [0.2, 0.25) is 0 Å². The summed E-state index contributed by atoms with van der Waals surface area (Å²) in [5, 5.41) is 9.08. The van der Waals surface area contributed by atoms with Crippen LogP contribution in [0.1, 0.15) is 26.7 Å². The fourth-order valence-corrected chi connectivity index (χ4v) is 2.60. The molecule has 6 heteroatoms. The summed E-state index contributed by atoms with van der Waals surface area (Å²) in [5.74, 6) is -0.105. The van der Waals surface area contributed by atoms with Gasteiger partial charge in [0.1, 0.15) is 0 Å². The van der Waals surface area contributed by atoms with Gasteiger partial charge in [-0.1, -0.05) is 0 Å². The first-order chi connectivity index (χ1) is 9.38. The monoisotopic (exact) mass is 285 g/mol. The highest BCUT2D eigenvalue weighted by Crippen LogP contribution is 2.20. The summed E-state index contributed by atoms with van der Waals surface area (Å²) in [6, 6.07) is 0.0235. The molecule has 1 saturated heterocycles. The van der Waals surface area contributed by atoms with Crippen molar-refractivity contribution in [3.05, 3.63) is 0 Å². The summed E-state index contributed by atoms with van der Waals surface area (Å²) in [7, 11) is 3.44. The topological polar surface area (TPSA) is 64.1 Å². The molecule has 1 rings (SSSR count). The summed E-state index contributed by atoms with van der Waals surface area (Å²) in [5.41, 5.74) is 0. The molecule has 1 atom stereocenters. The van der Waals surface area contributed by atoms with Gasteiger partial charge in [0.05, 0.1) is 12.5 Å². The maximum absolute atomic E-state index is 12.5. The number of aliphatic hydroxyl groups is 1. The Balaban J connectivity index is 2.70. The molecule has 0 aromatic carbocycles. The van der Waals surface area contributed by atoms with E-state index in [9.17, 15) is 9.59 Å². The first kappa shape index (κ1) is 16.8. The van der Waals surface area contributed by atoms with Gasteiger partial charge >= 0.3 is 6.03 Å². The number of piperidine rings is 1. The predicted molar refractivity (Wildman–Crippen MR) is 77.3 cm³/mol. The number of hydrogen-bond donors (Lipinski definition) is 1. The summed E-state index contributed by atoms with van der Waals surface area (Å²) < 4.78 is 0. The number of nitrogens with zero attached hydrogens (tertiary/aromatic N) is 3. The van der Waals surface area contributed by atoms with Crippen LogP contribution >= 0.6 is 0 Å². The third-order valence-electron chi connectivity index (χ3n) is 3.67. The van der Waals surface area contributed by atoms with Gasteiger partial charge in [-0.2, -0.15) is 0 Å². The van der Waals surface area contributed by atoms with Crippen LogP contribution in [0, 0.1) is 5.92 Å². The van der Waals surface area contributed by atoms with Crippen molar-refractivity contribution in [2.24, 2.45) is 5.92 Å². The molecule has 1 fully saturated rings. The molecular formula is C14H27N3O3. The van der Waals surface area contributed by atoms with Crippen LogP contribution in [0.3, 0.4) is 0 Å². The maximum Gasteiger partial charge on any atom is 0.319 e. The lowest BCUT2D eigenvalue weighted by molar-refractivity contribution is -0.139. The number of amides is 3. The number of carbonyl (C=O) groups is 2. The molecule has 3 amide bonds. The van der Waals surface area contributed by atoms with E-state index in [-0.39, 0.29) is 30.5 Å². The molecule has 0 bridgehead atoms. The van der Waals surface area contributed by atoms with Crippen molar-refractivity contribution in [3.8, 4) is 0 Å². The maximum atomic E-state index is 12.5. The molecule has 0 aromatic rings. The van der Waals surface area contributed by atoms with E-state index in [1.807, 2.05) is 13.8 Å². The van der Waals surface area contributed by atoms with Gasteiger partial charge in [-0.25, -0.2) is 4.79 Å². The van der Waals surface area contributed by atoms with E-state index in [2.05, 4.69) is 0 Å². The van der Waals surface area contributed by atoms with Crippen molar-refractivity contribution in [2.45, 2.75) is 32.7 Å². The minimum Gasteiger partial charge on any atom is -0.395 e. The lowest BCUT2D eigenvalue weighted by atomic mass is 9.96. The van der Waals surface area contributed by atoms with Crippen molar-refractivity contribution >= 4 is 11.9 Å². The van der Waals surface area contributed by atoms with E-state index < -0.39 is 0 Å². The van der Waals surface area contributed by atoms with Crippen LogP contribution in [-0.4, -0.2) is 78.1 Å². The van der Waals surface area contributed by atoms with Crippen molar-refractivity contribution in [2.75, 3.05) is 40.3 Å². The van der Waals surface area contributed by atoms with E-state index in [1.165, 1.54) is 0 Å². The highest BCUT2D eigenvalue weighted by molar-refractivity contribution is 5.81. The Bertz CT molecular complexity index is 345. The van der Waals surface area contributed by atoms with Crippen LogP contribution in [0.25, 0.3) is 0 Å². The number of likely N-dealkylation sites (tertiary alicyclic amines) is 1. The molecule has 0 radical (unpaired) electrons. The molecule has 1 aliphatic rings. The molecule has 1 N–H and O–H groups in total. The second kappa shape index (κ2) is 7.47. The van der Waals surface area contributed by atoms with Crippen LogP contribution in [0.15, 0.2) is 0 Å². The molecule has 0 aliphatic carbocycles. The number of urea groups is 1. The zero-order valence-corrected chi connectivity index (χ0v) is 13.0.